The standard InChI is InChI=1S/C11H11F2N3O2/c12-7-2-6(9(14)3-8(7)13)11(18)16-5-1-10(17)15-4-5/h2-3,5H,1,4,14H2,(H,15,17)(H,16,18). The second-order valence-electron chi connectivity index (χ2n) is 4.03. The normalized spacial score (nSPS) is 18.6. The molecule has 0 spiro atoms. The number of anilines is 1. The van der Waals surface area contributed by atoms with Gasteiger partial charge in [0.2, 0.25) is 5.91 Å². The van der Waals surface area contributed by atoms with Crippen LogP contribution in [0, 0.1) is 11.6 Å². The molecule has 1 aromatic rings. The van der Waals surface area contributed by atoms with Gasteiger partial charge in [-0.3, -0.25) is 9.59 Å². The first-order chi connectivity index (χ1) is 8.47. The molecule has 0 aromatic heterocycles. The highest BCUT2D eigenvalue weighted by atomic mass is 19.2. The Labute approximate surface area is 101 Å². The summed E-state index contributed by atoms with van der Waals surface area (Å²) in [6.45, 7) is 0.314. The first-order valence-electron chi connectivity index (χ1n) is 5.29. The summed E-state index contributed by atoms with van der Waals surface area (Å²) in [5.74, 6) is -3.05. The quantitative estimate of drug-likeness (QED) is 0.658. The van der Waals surface area contributed by atoms with Crippen LogP contribution in [0.15, 0.2) is 12.1 Å². The summed E-state index contributed by atoms with van der Waals surface area (Å²) in [5, 5.41) is 5.06. The summed E-state index contributed by atoms with van der Waals surface area (Å²) in [4.78, 5) is 22.7. The number of carbonyl (C=O) groups is 2. The van der Waals surface area contributed by atoms with Gasteiger partial charge in [-0.15, -0.1) is 0 Å². The maximum absolute atomic E-state index is 13.0. The number of nitrogen functional groups attached to an aromatic ring is 1. The molecule has 1 unspecified atom stereocenters. The van der Waals surface area contributed by atoms with E-state index in [1.165, 1.54) is 0 Å². The Balaban J connectivity index is 2.14. The summed E-state index contributed by atoms with van der Waals surface area (Å²) in [6, 6.07) is 1.13. The van der Waals surface area contributed by atoms with E-state index in [1.54, 1.807) is 0 Å². The Bertz CT molecular complexity index is 519. The number of carbonyl (C=O) groups excluding carboxylic acids is 2. The third-order valence-corrected chi connectivity index (χ3v) is 2.65. The minimum absolute atomic E-state index is 0.145. The van der Waals surface area contributed by atoms with Gasteiger partial charge >= 0.3 is 0 Å². The molecular weight excluding hydrogens is 244 g/mol. The lowest BCUT2D eigenvalue weighted by molar-refractivity contribution is -0.119. The summed E-state index contributed by atoms with van der Waals surface area (Å²) >= 11 is 0. The van der Waals surface area contributed by atoms with Crippen molar-refractivity contribution in [1.82, 2.24) is 10.6 Å². The minimum atomic E-state index is -1.14. The first-order valence-corrected chi connectivity index (χ1v) is 5.29. The topological polar surface area (TPSA) is 84.2 Å². The molecule has 5 nitrogen and oxygen atoms in total. The SMILES string of the molecule is Nc1cc(F)c(F)cc1C(=O)NC1CNC(=O)C1. The van der Waals surface area contributed by atoms with Crippen LogP contribution in [0.2, 0.25) is 0 Å². The number of nitrogens with two attached hydrogens (primary N) is 1. The predicted molar refractivity (Wildman–Crippen MR) is 59.7 cm³/mol. The van der Waals surface area contributed by atoms with E-state index in [4.69, 9.17) is 5.73 Å². The zero-order valence-electron chi connectivity index (χ0n) is 9.30. The lowest BCUT2D eigenvalue weighted by Gasteiger charge is -2.12. The Hall–Kier alpha value is -2.18. The molecule has 0 aliphatic carbocycles. The molecular formula is C11H11F2N3O2. The maximum Gasteiger partial charge on any atom is 0.253 e. The van der Waals surface area contributed by atoms with Gasteiger partial charge in [0, 0.05) is 24.7 Å². The molecule has 0 saturated carbocycles. The molecule has 2 rings (SSSR count). The first kappa shape index (κ1) is 12.3. The van der Waals surface area contributed by atoms with Crippen LogP contribution in [0.4, 0.5) is 14.5 Å². The van der Waals surface area contributed by atoms with Gasteiger partial charge < -0.3 is 16.4 Å². The molecule has 18 heavy (non-hydrogen) atoms. The number of hydrogen-bond acceptors (Lipinski definition) is 3. The molecule has 96 valence electrons. The van der Waals surface area contributed by atoms with Crippen LogP contribution in [-0.2, 0) is 4.79 Å². The molecule has 4 N–H and O–H groups in total. The van der Waals surface area contributed by atoms with Crippen molar-refractivity contribution in [2.45, 2.75) is 12.5 Å². The Morgan fingerprint density at radius 3 is 2.67 bits per heavy atom. The van der Waals surface area contributed by atoms with E-state index in [-0.39, 0.29) is 29.6 Å². The lowest BCUT2D eigenvalue weighted by Crippen LogP contribution is -2.36. The van der Waals surface area contributed by atoms with Crippen LogP contribution in [0.1, 0.15) is 16.8 Å². The van der Waals surface area contributed by atoms with E-state index in [0.717, 1.165) is 12.1 Å². The van der Waals surface area contributed by atoms with Crippen molar-refractivity contribution in [3.05, 3.63) is 29.3 Å². The van der Waals surface area contributed by atoms with Crippen LogP contribution in [0.25, 0.3) is 0 Å². The van der Waals surface area contributed by atoms with E-state index in [2.05, 4.69) is 10.6 Å². The molecule has 1 aliphatic rings. The monoisotopic (exact) mass is 255 g/mol. The summed E-state index contributed by atoms with van der Waals surface area (Å²) in [6.07, 6.45) is 0.162. The highest BCUT2D eigenvalue weighted by molar-refractivity contribution is 5.99. The molecule has 1 atom stereocenters. The van der Waals surface area contributed by atoms with Gasteiger partial charge in [-0.1, -0.05) is 0 Å². The van der Waals surface area contributed by atoms with Gasteiger partial charge in [0.05, 0.1) is 11.6 Å². The van der Waals surface area contributed by atoms with Crippen LogP contribution in [-0.4, -0.2) is 24.4 Å². The molecule has 1 aliphatic heterocycles. The number of hydrogen-bond donors (Lipinski definition) is 3. The van der Waals surface area contributed by atoms with Gasteiger partial charge in [0.25, 0.3) is 5.91 Å². The number of halogens is 2. The van der Waals surface area contributed by atoms with Crippen molar-refractivity contribution in [1.29, 1.82) is 0 Å². The Morgan fingerprint density at radius 2 is 2.06 bits per heavy atom. The van der Waals surface area contributed by atoms with Crippen molar-refractivity contribution in [2.24, 2.45) is 0 Å². The van der Waals surface area contributed by atoms with Gasteiger partial charge in [-0.2, -0.15) is 0 Å². The van der Waals surface area contributed by atoms with E-state index >= 15 is 0 Å². The van der Waals surface area contributed by atoms with Crippen molar-refractivity contribution in [3.8, 4) is 0 Å². The van der Waals surface area contributed by atoms with Crippen LogP contribution in [0.5, 0.6) is 0 Å². The second-order valence-corrected chi connectivity index (χ2v) is 4.03. The smallest absolute Gasteiger partial charge is 0.253 e. The van der Waals surface area contributed by atoms with Gasteiger partial charge in [-0.25, -0.2) is 8.78 Å². The predicted octanol–water partition coefficient (Wildman–Crippen LogP) is 0.165. The van der Waals surface area contributed by atoms with Crippen molar-refractivity contribution >= 4 is 17.5 Å². The highest BCUT2D eigenvalue weighted by Gasteiger charge is 2.24. The maximum atomic E-state index is 13.0. The number of benzene rings is 1. The van der Waals surface area contributed by atoms with Gasteiger partial charge in [0.15, 0.2) is 11.6 Å². The van der Waals surface area contributed by atoms with E-state index < -0.39 is 17.5 Å². The highest BCUT2D eigenvalue weighted by Crippen LogP contribution is 2.17. The zero-order valence-corrected chi connectivity index (χ0v) is 9.30. The fourth-order valence-corrected chi connectivity index (χ4v) is 1.73. The van der Waals surface area contributed by atoms with Gasteiger partial charge in [-0.05, 0) is 6.07 Å². The van der Waals surface area contributed by atoms with E-state index in [1.807, 2.05) is 0 Å². The van der Waals surface area contributed by atoms with Crippen molar-refractivity contribution in [2.75, 3.05) is 12.3 Å². The zero-order chi connectivity index (χ0) is 13.3. The van der Waals surface area contributed by atoms with Crippen molar-refractivity contribution in [3.63, 3.8) is 0 Å². The summed E-state index contributed by atoms with van der Waals surface area (Å²) in [7, 11) is 0. The Morgan fingerprint density at radius 1 is 1.39 bits per heavy atom. The lowest BCUT2D eigenvalue weighted by atomic mass is 10.1. The fourth-order valence-electron chi connectivity index (χ4n) is 1.73. The second kappa shape index (κ2) is 4.59. The molecule has 1 saturated heterocycles. The number of nitrogens with one attached hydrogen (secondary N) is 2. The third kappa shape index (κ3) is 2.39. The molecule has 1 fully saturated rings. The average Bonchev–Trinajstić information content (AvgIpc) is 2.69. The van der Waals surface area contributed by atoms with Crippen molar-refractivity contribution < 1.29 is 18.4 Å². The number of rotatable bonds is 2. The van der Waals surface area contributed by atoms with Gasteiger partial charge in [0.1, 0.15) is 0 Å². The number of amides is 2. The van der Waals surface area contributed by atoms with Crippen LogP contribution in [0.3, 0.4) is 0 Å². The average molecular weight is 255 g/mol. The molecule has 2 amide bonds. The molecule has 7 heteroatoms. The minimum Gasteiger partial charge on any atom is -0.398 e. The summed E-state index contributed by atoms with van der Waals surface area (Å²) < 4.78 is 25.9. The summed E-state index contributed by atoms with van der Waals surface area (Å²) in [5.41, 5.74) is 5.15. The third-order valence-electron chi connectivity index (χ3n) is 2.65. The molecule has 0 radical (unpaired) electrons. The van der Waals surface area contributed by atoms with E-state index in [0.29, 0.717) is 6.54 Å². The molecule has 1 aromatic carbocycles. The molecule has 1 heterocycles. The molecule has 0 bridgehead atoms. The largest absolute Gasteiger partial charge is 0.398 e. The van der Waals surface area contributed by atoms with Crippen LogP contribution < -0.4 is 16.4 Å². The Kier molecular flexibility index (Phi) is 3.14. The fraction of sp³-hybridized carbons (Fsp3) is 0.273. The van der Waals surface area contributed by atoms with E-state index in [9.17, 15) is 18.4 Å². The van der Waals surface area contributed by atoms with Crippen LogP contribution >= 0.6 is 0 Å².